The summed E-state index contributed by atoms with van der Waals surface area (Å²) in [7, 11) is 1.24. The van der Waals surface area contributed by atoms with Gasteiger partial charge in [0.1, 0.15) is 5.75 Å². The van der Waals surface area contributed by atoms with E-state index in [1.165, 1.54) is 19.2 Å². The minimum absolute atomic E-state index is 0.107. The van der Waals surface area contributed by atoms with E-state index in [2.05, 4.69) is 4.74 Å². The topological polar surface area (TPSA) is 87.0 Å². The van der Waals surface area contributed by atoms with Crippen LogP contribution in [0.2, 0.25) is 0 Å². The molecule has 1 aromatic rings. The summed E-state index contributed by atoms with van der Waals surface area (Å²) in [6.45, 7) is -0.279. The molecule has 0 aliphatic heterocycles. The molecule has 5 nitrogen and oxygen atoms in total. The van der Waals surface area contributed by atoms with Gasteiger partial charge in [0.2, 0.25) is 0 Å². The zero-order valence-electron chi connectivity index (χ0n) is 8.88. The third-order valence-electron chi connectivity index (χ3n) is 2.25. The summed E-state index contributed by atoms with van der Waals surface area (Å²) in [5, 5.41) is 27.9. The van der Waals surface area contributed by atoms with Crippen molar-refractivity contribution in [2.75, 3.05) is 7.11 Å². The molecule has 0 radical (unpaired) electrons. The van der Waals surface area contributed by atoms with Crippen molar-refractivity contribution in [2.24, 2.45) is 0 Å². The molecule has 1 rings (SSSR count). The molecule has 16 heavy (non-hydrogen) atoms. The number of rotatable bonds is 4. The van der Waals surface area contributed by atoms with E-state index in [4.69, 9.17) is 5.11 Å². The van der Waals surface area contributed by atoms with Crippen molar-refractivity contribution >= 4 is 5.97 Å². The second kappa shape index (κ2) is 5.48. The molecule has 5 heteroatoms. The Hall–Kier alpha value is -1.59. The maximum absolute atomic E-state index is 10.9. The van der Waals surface area contributed by atoms with Gasteiger partial charge < -0.3 is 20.1 Å². The van der Waals surface area contributed by atoms with E-state index < -0.39 is 12.1 Å². The maximum Gasteiger partial charge on any atom is 0.308 e. The Morgan fingerprint density at radius 3 is 2.69 bits per heavy atom. The summed E-state index contributed by atoms with van der Waals surface area (Å²) < 4.78 is 4.42. The second-order valence-electron chi connectivity index (χ2n) is 3.34. The van der Waals surface area contributed by atoms with E-state index in [9.17, 15) is 15.0 Å². The molecular weight excluding hydrogens is 212 g/mol. The van der Waals surface area contributed by atoms with Crippen LogP contribution >= 0.6 is 0 Å². The number of carbonyl (C=O) groups excluding carboxylic acids is 1. The fraction of sp³-hybridized carbons (Fsp3) is 0.364. The van der Waals surface area contributed by atoms with Crippen molar-refractivity contribution in [1.82, 2.24) is 0 Å². The maximum atomic E-state index is 10.9. The van der Waals surface area contributed by atoms with E-state index in [0.29, 0.717) is 11.1 Å². The highest BCUT2D eigenvalue weighted by Crippen LogP contribution is 2.24. The lowest BCUT2D eigenvalue weighted by molar-refractivity contribution is -0.142. The van der Waals surface area contributed by atoms with Gasteiger partial charge in [-0.15, -0.1) is 0 Å². The SMILES string of the molecule is COC(=O)C[C@@H](O)c1ccc(CO)c(O)c1. The van der Waals surface area contributed by atoms with Crippen molar-refractivity contribution in [1.29, 1.82) is 0 Å². The summed E-state index contributed by atoms with van der Waals surface area (Å²) in [6, 6.07) is 4.35. The number of esters is 1. The number of carbonyl (C=O) groups is 1. The number of hydrogen-bond donors (Lipinski definition) is 3. The van der Waals surface area contributed by atoms with Crippen LogP contribution in [0.25, 0.3) is 0 Å². The van der Waals surface area contributed by atoms with Gasteiger partial charge in [-0.3, -0.25) is 4.79 Å². The average Bonchev–Trinajstić information content (AvgIpc) is 2.28. The van der Waals surface area contributed by atoms with Crippen LogP contribution in [-0.4, -0.2) is 28.4 Å². The van der Waals surface area contributed by atoms with Crippen LogP contribution in [0.1, 0.15) is 23.7 Å². The van der Waals surface area contributed by atoms with Gasteiger partial charge in [0.05, 0.1) is 26.2 Å². The van der Waals surface area contributed by atoms with Crippen molar-refractivity contribution in [3.05, 3.63) is 29.3 Å². The lowest BCUT2D eigenvalue weighted by Gasteiger charge is -2.11. The van der Waals surface area contributed by atoms with Gasteiger partial charge in [0.25, 0.3) is 0 Å². The van der Waals surface area contributed by atoms with E-state index in [1.54, 1.807) is 6.07 Å². The summed E-state index contributed by atoms with van der Waals surface area (Å²) in [5.41, 5.74) is 0.772. The van der Waals surface area contributed by atoms with Gasteiger partial charge in [-0.2, -0.15) is 0 Å². The molecule has 3 N–H and O–H groups in total. The Morgan fingerprint density at radius 1 is 1.50 bits per heavy atom. The molecule has 0 bridgehead atoms. The molecule has 0 fully saturated rings. The van der Waals surface area contributed by atoms with Gasteiger partial charge in [0.15, 0.2) is 0 Å². The van der Waals surface area contributed by atoms with Crippen LogP contribution in [0, 0.1) is 0 Å². The Balaban J connectivity index is 2.80. The number of hydrogen-bond acceptors (Lipinski definition) is 5. The normalized spacial score (nSPS) is 12.2. The van der Waals surface area contributed by atoms with Crippen molar-refractivity contribution < 1.29 is 24.9 Å². The zero-order chi connectivity index (χ0) is 12.1. The molecule has 1 atom stereocenters. The quantitative estimate of drug-likeness (QED) is 0.650. The second-order valence-corrected chi connectivity index (χ2v) is 3.34. The Labute approximate surface area is 92.9 Å². The number of aromatic hydroxyl groups is 1. The number of aliphatic hydroxyl groups excluding tert-OH is 2. The molecule has 88 valence electrons. The fourth-order valence-electron chi connectivity index (χ4n) is 1.28. The first-order chi connectivity index (χ1) is 7.58. The van der Waals surface area contributed by atoms with E-state index in [1.807, 2.05) is 0 Å². The minimum atomic E-state index is -1.02. The van der Waals surface area contributed by atoms with Gasteiger partial charge in [-0.1, -0.05) is 12.1 Å². The molecule has 0 unspecified atom stereocenters. The Morgan fingerprint density at radius 2 is 2.19 bits per heavy atom. The monoisotopic (exact) mass is 226 g/mol. The van der Waals surface area contributed by atoms with Crippen LogP contribution < -0.4 is 0 Å². The molecule has 0 aliphatic carbocycles. The van der Waals surface area contributed by atoms with Crippen molar-refractivity contribution in [2.45, 2.75) is 19.1 Å². The summed E-state index contributed by atoms with van der Waals surface area (Å²) >= 11 is 0. The molecule has 0 saturated carbocycles. The van der Waals surface area contributed by atoms with E-state index in [0.717, 1.165) is 0 Å². The third kappa shape index (κ3) is 2.95. The molecule has 0 saturated heterocycles. The highest BCUT2D eigenvalue weighted by Gasteiger charge is 2.14. The Bertz CT molecular complexity index is 375. The van der Waals surface area contributed by atoms with Crippen LogP contribution in [-0.2, 0) is 16.1 Å². The number of ether oxygens (including phenoxy) is 1. The molecule has 1 aromatic carbocycles. The van der Waals surface area contributed by atoms with Crippen molar-refractivity contribution in [3.8, 4) is 5.75 Å². The molecule has 0 spiro atoms. The number of aliphatic hydroxyl groups is 2. The highest BCUT2D eigenvalue weighted by atomic mass is 16.5. The smallest absolute Gasteiger partial charge is 0.308 e. The van der Waals surface area contributed by atoms with Crippen LogP contribution in [0.3, 0.4) is 0 Å². The van der Waals surface area contributed by atoms with Gasteiger partial charge in [-0.25, -0.2) is 0 Å². The summed E-state index contributed by atoms with van der Waals surface area (Å²) in [5.74, 6) is -0.637. The first kappa shape index (κ1) is 12.5. The molecule has 0 aromatic heterocycles. The summed E-state index contributed by atoms with van der Waals surface area (Å²) in [4.78, 5) is 10.9. The molecule has 0 heterocycles. The first-order valence-corrected chi connectivity index (χ1v) is 4.76. The van der Waals surface area contributed by atoms with Gasteiger partial charge in [-0.05, 0) is 11.6 Å². The zero-order valence-corrected chi connectivity index (χ0v) is 8.88. The van der Waals surface area contributed by atoms with Gasteiger partial charge in [0, 0.05) is 5.56 Å². The molecule has 0 amide bonds. The lowest BCUT2D eigenvalue weighted by Crippen LogP contribution is -2.08. The minimum Gasteiger partial charge on any atom is -0.508 e. The number of benzene rings is 1. The van der Waals surface area contributed by atoms with E-state index >= 15 is 0 Å². The van der Waals surface area contributed by atoms with Gasteiger partial charge >= 0.3 is 5.97 Å². The largest absolute Gasteiger partial charge is 0.508 e. The van der Waals surface area contributed by atoms with Crippen molar-refractivity contribution in [3.63, 3.8) is 0 Å². The molecular formula is C11H14O5. The van der Waals surface area contributed by atoms with Crippen LogP contribution in [0.4, 0.5) is 0 Å². The summed E-state index contributed by atoms with van der Waals surface area (Å²) in [6.07, 6.45) is -1.19. The standard InChI is InChI=1S/C11H14O5/c1-16-11(15)5-10(14)7-2-3-8(6-12)9(13)4-7/h2-4,10,12-14H,5-6H2,1H3/t10-/m1/s1. The molecule has 0 aliphatic rings. The predicted molar refractivity (Wildman–Crippen MR) is 55.6 cm³/mol. The fourth-order valence-corrected chi connectivity index (χ4v) is 1.28. The van der Waals surface area contributed by atoms with E-state index in [-0.39, 0.29) is 18.8 Å². The number of phenols is 1. The highest BCUT2D eigenvalue weighted by molar-refractivity contribution is 5.70. The van der Waals surface area contributed by atoms with Crippen LogP contribution in [0.5, 0.6) is 5.75 Å². The average molecular weight is 226 g/mol. The first-order valence-electron chi connectivity index (χ1n) is 4.76. The third-order valence-corrected chi connectivity index (χ3v) is 2.25. The van der Waals surface area contributed by atoms with Crippen LogP contribution in [0.15, 0.2) is 18.2 Å². The predicted octanol–water partition coefficient (Wildman–Crippen LogP) is 0.481. The Kier molecular flexibility index (Phi) is 4.28. The number of methoxy groups -OCH3 is 1. The lowest BCUT2D eigenvalue weighted by atomic mass is 10.0.